The van der Waals surface area contributed by atoms with E-state index in [4.69, 9.17) is 0 Å². The van der Waals surface area contributed by atoms with Gasteiger partial charge >= 0.3 is 0 Å². The number of hydrogen-bond acceptors (Lipinski definition) is 4. The Hall–Kier alpha value is 0.0200. The highest BCUT2D eigenvalue weighted by atomic mass is 127. The standard InChI is InChI=1S/C5H9IN4S/c1-2-7-10-3-5(4-11-6)8-9-10/h3,7H,2,4H2,1H3. The molecule has 62 valence electrons. The minimum absolute atomic E-state index is 0.861. The molecule has 6 heteroatoms. The van der Waals surface area contributed by atoms with Gasteiger partial charge in [0.2, 0.25) is 0 Å². The van der Waals surface area contributed by atoms with Crippen molar-refractivity contribution in [1.29, 1.82) is 0 Å². The Morgan fingerprint density at radius 1 is 1.82 bits per heavy atom. The van der Waals surface area contributed by atoms with Gasteiger partial charge in [0.1, 0.15) is 0 Å². The maximum Gasteiger partial charge on any atom is 0.0956 e. The van der Waals surface area contributed by atoms with E-state index in [1.165, 1.54) is 0 Å². The number of nitrogens with zero attached hydrogens (tertiary/aromatic N) is 3. The van der Waals surface area contributed by atoms with E-state index in [1.54, 1.807) is 13.7 Å². The molecule has 0 bridgehead atoms. The van der Waals surface area contributed by atoms with Crippen molar-refractivity contribution in [2.45, 2.75) is 12.7 Å². The lowest BCUT2D eigenvalue weighted by Gasteiger charge is -1.97. The van der Waals surface area contributed by atoms with Gasteiger partial charge in [-0.2, -0.15) is 4.79 Å². The van der Waals surface area contributed by atoms with Gasteiger partial charge in [-0.05, 0) is 33.3 Å². The van der Waals surface area contributed by atoms with Gasteiger partial charge in [0.15, 0.2) is 0 Å². The predicted molar refractivity (Wildman–Crippen MR) is 55.2 cm³/mol. The molecule has 1 rings (SSSR count). The Balaban J connectivity index is 2.51. The lowest BCUT2D eigenvalue weighted by atomic mass is 10.6. The van der Waals surface area contributed by atoms with Gasteiger partial charge in [0, 0.05) is 12.3 Å². The summed E-state index contributed by atoms with van der Waals surface area (Å²) in [5.41, 5.74) is 4.02. The summed E-state index contributed by atoms with van der Waals surface area (Å²) in [6, 6.07) is 0. The number of nitrogens with one attached hydrogen (secondary N) is 1. The van der Waals surface area contributed by atoms with E-state index in [0.717, 1.165) is 18.0 Å². The van der Waals surface area contributed by atoms with E-state index in [0.29, 0.717) is 0 Å². The third kappa shape index (κ3) is 2.86. The number of aromatic nitrogens is 3. The van der Waals surface area contributed by atoms with E-state index in [2.05, 4.69) is 36.9 Å². The maximum atomic E-state index is 3.95. The molecule has 0 fully saturated rings. The normalized spacial score (nSPS) is 10.0. The molecule has 0 saturated heterocycles. The van der Waals surface area contributed by atoms with E-state index in [1.807, 2.05) is 13.1 Å². The third-order valence-electron chi connectivity index (χ3n) is 1.06. The summed E-state index contributed by atoms with van der Waals surface area (Å²) in [6.45, 7) is 2.88. The fourth-order valence-corrected chi connectivity index (χ4v) is 1.86. The van der Waals surface area contributed by atoms with Gasteiger partial charge in [-0.25, -0.2) is 0 Å². The lowest BCUT2D eigenvalue weighted by molar-refractivity contribution is 0.702. The largest absolute Gasteiger partial charge is 0.309 e. The van der Waals surface area contributed by atoms with Crippen LogP contribution in [0.15, 0.2) is 6.20 Å². The van der Waals surface area contributed by atoms with Crippen molar-refractivity contribution in [3.63, 3.8) is 0 Å². The maximum absolute atomic E-state index is 3.95. The SMILES string of the molecule is CCNn1cc(CSI)nn1. The molecule has 0 unspecified atom stereocenters. The summed E-state index contributed by atoms with van der Waals surface area (Å²) < 4.78 is 0. The van der Waals surface area contributed by atoms with Gasteiger partial charge in [-0.3, -0.25) is 0 Å². The Morgan fingerprint density at radius 3 is 3.27 bits per heavy atom. The molecule has 1 heterocycles. The average Bonchev–Trinajstić information content (AvgIpc) is 2.38. The highest BCUT2D eigenvalue weighted by Crippen LogP contribution is 2.16. The van der Waals surface area contributed by atoms with Crippen molar-refractivity contribution in [1.82, 2.24) is 15.1 Å². The fourth-order valence-electron chi connectivity index (χ4n) is 0.660. The van der Waals surface area contributed by atoms with Crippen LogP contribution in [0.3, 0.4) is 0 Å². The second kappa shape index (κ2) is 4.81. The van der Waals surface area contributed by atoms with Crippen LogP contribution < -0.4 is 5.43 Å². The van der Waals surface area contributed by atoms with Crippen LogP contribution in [0.4, 0.5) is 0 Å². The van der Waals surface area contributed by atoms with Crippen molar-refractivity contribution < 1.29 is 0 Å². The number of halogens is 1. The predicted octanol–water partition coefficient (Wildman–Crippen LogP) is 1.42. The minimum atomic E-state index is 0.861. The topological polar surface area (TPSA) is 42.7 Å². The molecule has 1 aromatic rings. The van der Waals surface area contributed by atoms with Crippen LogP contribution in [0.5, 0.6) is 0 Å². The van der Waals surface area contributed by atoms with E-state index >= 15 is 0 Å². The second-order valence-electron chi connectivity index (χ2n) is 1.92. The molecule has 0 aromatic carbocycles. The first-order valence-electron chi connectivity index (χ1n) is 3.25. The van der Waals surface area contributed by atoms with E-state index in [-0.39, 0.29) is 0 Å². The first kappa shape index (κ1) is 9.11. The lowest BCUT2D eigenvalue weighted by Crippen LogP contribution is -2.14. The quantitative estimate of drug-likeness (QED) is 0.849. The highest BCUT2D eigenvalue weighted by Gasteiger charge is 1.97. The highest BCUT2D eigenvalue weighted by molar-refractivity contribution is 14.2. The van der Waals surface area contributed by atoms with Gasteiger partial charge in [0.05, 0.1) is 11.9 Å². The summed E-state index contributed by atoms with van der Waals surface area (Å²) in [5.74, 6) is 0.909. The Morgan fingerprint density at radius 2 is 2.64 bits per heavy atom. The summed E-state index contributed by atoms with van der Waals surface area (Å²) in [4.78, 5) is 1.64. The zero-order chi connectivity index (χ0) is 8.10. The van der Waals surface area contributed by atoms with Crippen LogP contribution >= 0.6 is 30.1 Å². The van der Waals surface area contributed by atoms with Crippen molar-refractivity contribution in [3.05, 3.63) is 11.9 Å². The molecule has 0 saturated carbocycles. The fraction of sp³-hybridized carbons (Fsp3) is 0.600. The summed E-state index contributed by atoms with van der Waals surface area (Å²) in [5, 5.41) is 7.81. The van der Waals surface area contributed by atoms with Crippen LogP contribution in [0.2, 0.25) is 0 Å². The summed E-state index contributed by atoms with van der Waals surface area (Å²) in [7, 11) is 1.71. The van der Waals surface area contributed by atoms with Gasteiger partial charge < -0.3 is 5.43 Å². The van der Waals surface area contributed by atoms with E-state index in [9.17, 15) is 0 Å². The molecule has 0 amide bonds. The molecule has 11 heavy (non-hydrogen) atoms. The van der Waals surface area contributed by atoms with Crippen LogP contribution in [0.25, 0.3) is 0 Å². The molecular formula is C5H9IN4S. The molecule has 0 aliphatic heterocycles. The van der Waals surface area contributed by atoms with Gasteiger partial charge in [0.25, 0.3) is 0 Å². The zero-order valence-electron chi connectivity index (χ0n) is 6.12. The Kier molecular flexibility index (Phi) is 3.98. The smallest absolute Gasteiger partial charge is 0.0956 e. The van der Waals surface area contributed by atoms with Crippen LogP contribution in [-0.2, 0) is 5.75 Å². The molecular weight excluding hydrogens is 275 g/mol. The molecule has 0 radical (unpaired) electrons. The molecule has 0 aliphatic carbocycles. The summed E-state index contributed by atoms with van der Waals surface area (Å²) >= 11 is 2.24. The second-order valence-corrected chi connectivity index (χ2v) is 4.29. The van der Waals surface area contributed by atoms with Crippen LogP contribution in [0.1, 0.15) is 12.6 Å². The summed E-state index contributed by atoms with van der Waals surface area (Å²) in [6.07, 6.45) is 1.90. The molecule has 0 spiro atoms. The molecule has 4 nitrogen and oxygen atoms in total. The monoisotopic (exact) mass is 284 g/mol. The first-order chi connectivity index (χ1) is 5.36. The molecule has 0 aliphatic rings. The van der Waals surface area contributed by atoms with E-state index < -0.39 is 0 Å². The van der Waals surface area contributed by atoms with Crippen LogP contribution in [0, 0.1) is 0 Å². The minimum Gasteiger partial charge on any atom is -0.309 e. The zero-order valence-corrected chi connectivity index (χ0v) is 9.09. The Labute approximate surface area is 81.7 Å². The van der Waals surface area contributed by atoms with Crippen LogP contribution in [-0.4, -0.2) is 21.6 Å². The number of rotatable bonds is 4. The van der Waals surface area contributed by atoms with Gasteiger partial charge in [-0.15, -0.1) is 5.10 Å². The Bertz CT molecular complexity index is 194. The molecule has 0 atom stereocenters. The third-order valence-corrected chi connectivity index (χ3v) is 2.40. The average molecular weight is 284 g/mol. The van der Waals surface area contributed by atoms with Crippen molar-refractivity contribution in [2.75, 3.05) is 12.0 Å². The molecule has 1 aromatic heterocycles. The molecule has 1 N–H and O–H groups in total. The number of hydrogen-bond donors (Lipinski definition) is 1. The van der Waals surface area contributed by atoms with Crippen molar-refractivity contribution in [3.8, 4) is 0 Å². The van der Waals surface area contributed by atoms with Crippen molar-refractivity contribution >= 4 is 30.1 Å². The first-order valence-corrected chi connectivity index (χ1v) is 6.78. The van der Waals surface area contributed by atoms with Gasteiger partial charge in [-0.1, -0.05) is 8.93 Å². The van der Waals surface area contributed by atoms with Crippen molar-refractivity contribution in [2.24, 2.45) is 0 Å².